The Kier molecular flexibility index (Phi) is 4.43. The molecule has 2 fully saturated rings. The lowest BCUT2D eigenvalue weighted by Gasteiger charge is -2.44. The lowest BCUT2D eigenvalue weighted by atomic mass is 9.77. The molecule has 1 N–H and O–H groups in total. The predicted octanol–water partition coefficient (Wildman–Crippen LogP) is 2.17. The van der Waals surface area contributed by atoms with Crippen LogP contribution in [-0.2, 0) is 4.79 Å². The van der Waals surface area contributed by atoms with E-state index < -0.39 is 0 Å². The van der Waals surface area contributed by atoms with Crippen molar-refractivity contribution in [1.82, 2.24) is 10.2 Å². The monoisotopic (exact) mass is 238 g/mol. The normalized spacial score (nSPS) is 28.5. The van der Waals surface area contributed by atoms with Gasteiger partial charge in [-0.15, -0.1) is 0 Å². The summed E-state index contributed by atoms with van der Waals surface area (Å²) in [5, 5.41) is 3.09. The van der Waals surface area contributed by atoms with Gasteiger partial charge in [0.25, 0.3) is 0 Å². The number of amides is 1. The van der Waals surface area contributed by atoms with Crippen molar-refractivity contribution in [2.24, 2.45) is 5.92 Å². The van der Waals surface area contributed by atoms with Gasteiger partial charge in [-0.2, -0.15) is 0 Å². The van der Waals surface area contributed by atoms with E-state index in [1.54, 1.807) is 6.92 Å². The largest absolute Gasteiger partial charge is 0.352 e. The number of nitrogens with one attached hydrogen (secondary N) is 1. The minimum atomic E-state index is 0.119. The minimum Gasteiger partial charge on any atom is -0.352 e. The first-order valence-corrected chi connectivity index (χ1v) is 7.22. The number of hydrogen-bond acceptors (Lipinski definition) is 2. The second-order valence-corrected chi connectivity index (χ2v) is 5.70. The highest BCUT2D eigenvalue weighted by atomic mass is 16.1. The first kappa shape index (κ1) is 12.9. The van der Waals surface area contributed by atoms with E-state index >= 15 is 0 Å². The molecule has 0 aromatic heterocycles. The third kappa shape index (κ3) is 3.21. The zero-order valence-corrected chi connectivity index (χ0v) is 11.2. The molecule has 2 aliphatic rings. The number of piperidine rings is 1. The molecule has 1 saturated heterocycles. The Labute approximate surface area is 105 Å². The highest BCUT2D eigenvalue weighted by molar-refractivity contribution is 5.73. The van der Waals surface area contributed by atoms with Gasteiger partial charge in [0, 0.05) is 25.6 Å². The van der Waals surface area contributed by atoms with Gasteiger partial charge >= 0.3 is 0 Å². The zero-order valence-electron chi connectivity index (χ0n) is 11.2. The topological polar surface area (TPSA) is 32.3 Å². The molecule has 0 aromatic carbocycles. The van der Waals surface area contributed by atoms with Crippen molar-refractivity contribution >= 4 is 5.91 Å². The summed E-state index contributed by atoms with van der Waals surface area (Å²) >= 11 is 0. The van der Waals surface area contributed by atoms with Crippen molar-refractivity contribution in [2.45, 2.75) is 64.5 Å². The number of nitrogens with zero attached hydrogens (tertiary/aromatic N) is 1. The number of likely N-dealkylation sites (tertiary alicyclic amines) is 1. The van der Waals surface area contributed by atoms with Crippen LogP contribution in [-0.4, -0.2) is 36.0 Å². The Bertz CT molecular complexity index is 263. The fraction of sp³-hybridized carbons (Fsp3) is 0.929. The smallest absolute Gasteiger partial charge is 0.217 e. The van der Waals surface area contributed by atoms with Crippen LogP contribution in [0.25, 0.3) is 0 Å². The van der Waals surface area contributed by atoms with Gasteiger partial charge in [0.05, 0.1) is 0 Å². The highest BCUT2D eigenvalue weighted by Crippen LogP contribution is 2.34. The third-order valence-electron chi connectivity index (χ3n) is 4.44. The van der Waals surface area contributed by atoms with Crippen LogP contribution in [0.15, 0.2) is 0 Å². The summed E-state index contributed by atoms with van der Waals surface area (Å²) in [5.41, 5.74) is 0. The lowest BCUT2D eigenvalue weighted by molar-refractivity contribution is -0.120. The molecule has 3 heteroatoms. The summed E-state index contributed by atoms with van der Waals surface area (Å²) in [6.07, 6.45) is 7.90. The SMILES string of the molecule is CCC(C1CCC1)N1CCCC(NC(C)=O)C1. The molecule has 0 aromatic rings. The number of carbonyl (C=O) groups is 1. The molecular formula is C14H26N2O. The van der Waals surface area contributed by atoms with Crippen LogP contribution >= 0.6 is 0 Å². The van der Waals surface area contributed by atoms with Crippen molar-refractivity contribution in [3.63, 3.8) is 0 Å². The van der Waals surface area contributed by atoms with Crippen molar-refractivity contribution in [3.8, 4) is 0 Å². The fourth-order valence-electron chi connectivity index (χ4n) is 3.43. The zero-order chi connectivity index (χ0) is 12.3. The summed E-state index contributed by atoms with van der Waals surface area (Å²) in [5.74, 6) is 1.05. The molecule has 0 bridgehead atoms. The maximum absolute atomic E-state index is 11.1. The molecule has 2 rings (SSSR count). The average molecular weight is 238 g/mol. The van der Waals surface area contributed by atoms with Crippen LogP contribution in [0.4, 0.5) is 0 Å². The Morgan fingerprint density at radius 1 is 1.35 bits per heavy atom. The summed E-state index contributed by atoms with van der Waals surface area (Å²) < 4.78 is 0. The van der Waals surface area contributed by atoms with Crippen LogP contribution in [0.1, 0.15) is 52.4 Å². The standard InChI is InChI=1S/C14H26N2O/c1-3-14(12-6-4-7-12)16-9-5-8-13(10-16)15-11(2)17/h12-14H,3-10H2,1-2H3,(H,15,17). The summed E-state index contributed by atoms with van der Waals surface area (Å²) in [4.78, 5) is 13.8. The summed E-state index contributed by atoms with van der Waals surface area (Å²) in [6.45, 7) is 6.23. The van der Waals surface area contributed by atoms with Crippen LogP contribution in [0.5, 0.6) is 0 Å². The average Bonchev–Trinajstić information content (AvgIpc) is 2.22. The van der Waals surface area contributed by atoms with Crippen LogP contribution < -0.4 is 5.32 Å². The third-order valence-corrected chi connectivity index (χ3v) is 4.44. The molecule has 1 saturated carbocycles. The van der Waals surface area contributed by atoms with Crippen molar-refractivity contribution < 1.29 is 4.79 Å². The summed E-state index contributed by atoms with van der Waals surface area (Å²) in [6, 6.07) is 1.15. The Balaban J connectivity index is 1.88. The molecule has 1 aliphatic heterocycles. The van der Waals surface area contributed by atoms with E-state index in [0.29, 0.717) is 6.04 Å². The molecule has 2 atom stereocenters. The Morgan fingerprint density at radius 3 is 2.65 bits per heavy atom. The van der Waals surface area contributed by atoms with Gasteiger partial charge in [-0.25, -0.2) is 0 Å². The van der Waals surface area contributed by atoms with E-state index in [1.807, 2.05) is 0 Å². The molecule has 98 valence electrons. The molecule has 1 aliphatic carbocycles. The van der Waals surface area contributed by atoms with Crippen molar-refractivity contribution in [1.29, 1.82) is 0 Å². The maximum Gasteiger partial charge on any atom is 0.217 e. The molecule has 1 heterocycles. The quantitative estimate of drug-likeness (QED) is 0.814. The van der Waals surface area contributed by atoms with E-state index in [1.165, 1.54) is 38.6 Å². The Morgan fingerprint density at radius 2 is 2.12 bits per heavy atom. The van der Waals surface area contributed by atoms with Gasteiger partial charge in [0.2, 0.25) is 5.91 Å². The lowest BCUT2D eigenvalue weighted by Crippen LogP contribution is -2.53. The molecule has 17 heavy (non-hydrogen) atoms. The van der Waals surface area contributed by atoms with Gasteiger partial charge in [0.1, 0.15) is 0 Å². The van der Waals surface area contributed by atoms with E-state index in [-0.39, 0.29) is 5.91 Å². The first-order chi connectivity index (χ1) is 8.20. The van der Waals surface area contributed by atoms with Crippen molar-refractivity contribution in [3.05, 3.63) is 0 Å². The number of rotatable bonds is 4. The van der Waals surface area contributed by atoms with E-state index in [4.69, 9.17) is 0 Å². The van der Waals surface area contributed by atoms with Crippen molar-refractivity contribution in [2.75, 3.05) is 13.1 Å². The predicted molar refractivity (Wildman–Crippen MR) is 69.8 cm³/mol. The fourth-order valence-corrected chi connectivity index (χ4v) is 3.43. The maximum atomic E-state index is 11.1. The second kappa shape index (κ2) is 5.85. The number of carbonyl (C=O) groups excluding carboxylic acids is 1. The highest BCUT2D eigenvalue weighted by Gasteiger charge is 2.33. The van der Waals surface area contributed by atoms with Gasteiger partial charge in [-0.1, -0.05) is 13.3 Å². The minimum absolute atomic E-state index is 0.119. The molecule has 2 unspecified atom stereocenters. The van der Waals surface area contributed by atoms with Crippen LogP contribution in [0, 0.1) is 5.92 Å². The molecule has 1 amide bonds. The van der Waals surface area contributed by atoms with Gasteiger partial charge in [-0.3, -0.25) is 9.69 Å². The first-order valence-electron chi connectivity index (χ1n) is 7.22. The number of hydrogen-bond donors (Lipinski definition) is 1. The molecule has 0 spiro atoms. The van der Waals surface area contributed by atoms with E-state index in [9.17, 15) is 4.79 Å². The van der Waals surface area contributed by atoms with E-state index in [0.717, 1.165) is 24.9 Å². The van der Waals surface area contributed by atoms with Crippen LogP contribution in [0.3, 0.4) is 0 Å². The Hall–Kier alpha value is -0.570. The van der Waals surface area contributed by atoms with Gasteiger partial charge in [-0.05, 0) is 44.6 Å². The second-order valence-electron chi connectivity index (χ2n) is 5.70. The molecular weight excluding hydrogens is 212 g/mol. The molecule has 0 radical (unpaired) electrons. The van der Waals surface area contributed by atoms with E-state index in [2.05, 4.69) is 17.1 Å². The van der Waals surface area contributed by atoms with Crippen LogP contribution in [0.2, 0.25) is 0 Å². The van der Waals surface area contributed by atoms with Gasteiger partial charge < -0.3 is 5.32 Å². The summed E-state index contributed by atoms with van der Waals surface area (Å²) in [7, 11) is 0. The molecule has 3 nitrogen and oxygen atoms in total. The van der Waals surface area contributed by atoms with Gasteiger partial charge in [0.15, 0.2) is 0 Å².